The average Bonchev–Trinajstić information content (AvgIpc) is 2.99. The van der Waals surface area contributed by atoms with Crippen LogP contribution in [0.5, 0.6) is 0 Å². The summed E-state index contributed by atoms with van der Waals surface area (Å²) in [6.45, 7) is 3.65. The zero-order valence-corrected chi connectivity index (χ0v) is 13.7. The largest absolute Gasteiger partial charge is 0.355 e. The molecule has 4 heteroatoms. The van der Waals surface area contributed by atoms with Gasteiger partial charge in [0.05, 0.1) is 0 Å². The van der Waals surface area contributed by atoms with Gasteiger partial charge in [-0.2, -0.15) is 0 Å². The van der Waals surface area contributed by atoms with E-state index in [4.69, 9.17) is 0 Å². The first-order valence-corrected chi connectivity index (χ1v) is 8.71. The third kappa shape index (κ3) is 2.89. The summed E-state index contributed by atoms with van der Waals surface area (Å²) in [5.41, 5.74) is 3.57. The molecule has 1 unspecified atom stereocenters. The molecule has 1 atom stereocenters. The Morgan fingerprint density at radius 1 is 1.12 bits per heavy atom. The minimum atomic E-state index is -0.261. The molecule has 0 spiro atoms. The van der Waals surface area contributed by atoms with Gasteiger partial charge < -0.3 is 15.5 Å². The maximum Gasteiger partial charge on any atom is 0.247 e. The van der Waals surface area contributed by atoms with Crippen LogP contribution in [0.2, 0.25) is 0 Å². The Kier molecular flexibility index (Phi) is 4.22. The number of carbonyl (C=O) groups excluding carboxylic acids is 1. The molecule has 1 fully saturated rings. The topological polar surface area (TPSA) is 44.4 Å². The molecule has 2 aliphatic heterocycles. The van der Waals surface area contributed by atoms with Gasteiger partial charge in [-0.25, -0.2) is 0 Å². The molecule has 2 aliphatic rings. The first-order chi connectivity index (χ1) is 11.8. The van der Waals surface area contributed by atoms with E-state index in [1.165, 1.54) is 11.3 Å². The summed E-state index contributed by atoms with van der Waals surface area (Å²) in [7, 11) is 0. The van der Waals surface area contributed by atoms with Gasteiger partial charge in [0, 0.05) is 37.8 Å². The molecule has 2 N–H and O–H groups in total. The SMILES string of the molecule is O=C(NCC1CNC1)C(c1ccccc1)N1CCc2ccccc21. The number of para-hydroxylation sites is 1. The monoisotopic (exact) mass is 321 g/mol. The van der Waals surface area contributed by atoms with Crippen molar-refractivity contribution in [2.75, 3.05) is 31.1 Å². The number of hydrogen-bond donors (Lipinski definition) is 2. The molecule has 2 aromatic rings. The molecule has 2 aromatic carbocycles. The highest BCUT2D eigenvalue weighted by Gasteiger charge is 2.32. The second-order valence-corrected chi connectivity index (χ2v) is 6.65. The lowest BCUT2D eigenvalue weighted by Gasteiger charge is -2.32. The van der Waals surface area contributed by atoms with Crippen molar-refractivity contribution in [2.45, 2.75) is 12.5 Å². The molecule has 0 aliphatic carbocycles. The smallest absolute Gasteiger partial charge is 0.247 e. The van der Waals surface area contributed by atoms with Crippen molar-refractivity contribution in [3.63, 3.8) is 0 Å². The van der Waals surface area contributed by atoms with Crippen molar-refractivity contribution in [2.24, 2.45) is 5.92 Å². The molecular formula is C20H23N3O. The van der Waals surface area contributed by atoms with Crippen molar-refractivity contribution < 1.29 is 4.79 Å². The number of rotatable bonds is 5. The second-order valence-electron chi connectivity index (χ2n) is 6.65. The van der Waals surface area contributed by atoms with Gasteiger partial charge in [-0.05, 0) is 23.6 Å². The summed E-state index contributed by atoms with van der Waals surface area (Å²) >= 11 is 0. The Balaban J connectivity index is 1.60. The van der Waals surface area contributed by atoms with Crippen LogP contribution >= 0.6 is 0 Å². The Bertz CT molecular complexity index is 712. The molecule has 1 amide bonds. The van der Waals surface area contributed by atoms with Crippen LogP contribution in [0.25, 0.3) is 0 Å². The molecule has 1 saturated heterocycles. The Labute approximate surface area is 142 Å². The third-order valence-corrected chi connectivity index (χ3v) is 5.03. The highest BCUT2D eigenvalue weighted by Crippen LogP contribution is 2.35. The molecule has 24 heavy (non-hydrogen) atoms. The van der Waals surface area contributed by atoms with E-state index in [-0.39, 0.29) is 11.9 Å². The van der Waals surface area contributed by atoms with E-state index in [0.29, 0.717) is 5.92 Å². The summed E-state index contributed by atoms with van der Waals surface area (Å²) in [6, 6.07) is 18.3. The fourth-order valence-electron chi connectivity index (χ4n) is 3.57. The lowest BCUT2D eigenvalue weighted by molar-refractivity contribution is -0.122. The number of benzene rings is 2. The minimum Gasteiger partial charge on any atom is -0.355 e. The summed E-state index contributed by atoms with van der Waals surface area (Å²) in [5.74, 6) is 0.668. The van der Waals surface area contributed by atoms with E-state index >= 15 is 0 Å². The number of nitrogens with one attached hydrogen (secondary N) is 2. The van der Waals surface area contributed by atoms with Crippen LogP contribution in [0, 0.1) is 5.92 Å². The standard InChI is InChI=1S/C20H23N3O/c24-20(22-14-15-12-21-13-15)19(17-7-2-1-3-8-17)23-11-10-16-6-4-5-9-18(16)23/h1-9,15,19,21H,10-14H2,(H,22,24). The van der Waals surface area contributed by atoms with Gasteiger partial charge in [-0.15, -0.1) is 0 Å². The Hall–Kier alpha value is -2.33. The predicted octanol–water partition coefficient (Wildman–Crippen LogP) is 2.13. The average molecular weight is 321 g/mol. The van der Waals surface area contributed by atoms with Gasteiger partial charge >= 0.3 is 0 Å². The molecule has 0 aromatic heterocycles. The highest BCUT2D eigenvalue weighted by atomic mass is 16.2. The van der Waals surface area contributed by atoms with Gasteiger partial charge in [0.25, 0.3) is 0 Å². The van der Waals surface area contributed by atoms with Gasteiger partial charge in [0.1, 0.15) is 6.04 Å². The van der Waals surface area contributed by atoms with Crippen molar-refractivity contribution in [1.29, 1.82) is 0 Å². The van der Waals surface area contributed by atoms with Crippen LogP contribution in [0.3, 0.4) is 0 Å². The number of hydrogen-bond acceptors (Lipinski definition) is 3. The van der Waals surface area contributed by atoms with Crippen LogP contribution in [0.15, 0.2) is 54.6 Å². The van der Waals surface area contributed by atoms with E-state index in [2.05, 4.69) is 51.9 Å². The van der Waals surface area contributed by atoms with E-state index < -0.39 is 0 Å². The number of fused-ring (bicyclic) bond motifs is 1. The van der Waals surface area contributed by atoms with Crippen molar-refractivity contribution in [3.8, 4) is 0 Å². The predicted molar refractivity (Wildman–Crippen MR) is 96.0 cm³/mol. The quantitative estimate of drug-likeness (QED) is 0.887. The molecule has 4 nitrogen and oxygen atoms in total. The molecule has 4 rings (SSSR count). The fraction of sp³-hybridized carbons (Fsp3) is 0.350. The van der Waals surface area contributed by atoms with Crippen LogP contribution < -0.4 is 15.5 Å². The minimum absolute atomic E-state index is 0.102. The van der Waals surface area contributed by atoms with E-state index in [1.807, 2.05) is 18.2 Å². The summed E-state index contributed by atoms with van der Waals surface area (Å²) < 4.78 is 0. The highest BCUT2D eigenvalue weighted by molar-refractivity contribution is 5.87. The van der Waals surface area contributed by atoms with E-state index in [1.54, 1.807) is 0 Å². The van der Waals surface area contributed by atoms with Crippen molar-refractivity contribution >= 4 is 11.6 Å². The number of amides is 1. The molecular weight excluding hydrogens is 298 g/mol. The van der Waals surface area contributed by atoms with Crippen molar-refractivity contribution in [3.05, 3.63) is 65.7 Å². The maximum absolute atomic E-state index is 13.0. The van der Waals surface area contributed by atoms with Crippen LogP contribution in [-0.2, 0) is 11.2 Å². The number of nitrogens with zero attached hydrogens (tertiary/aromatic N) is 1. The Morgan fingerprint density at radius 3 is 2.62 bits per heavy atom. The van der Waals surface area contributed by atoms with Gasteiger partial charge in [-0.3, -0.25) is 4.79 Å². The van der Waals surface area contributed by atoms with Crippen LogP contribution in [0.1, 0.15) is 17.2 Å². The molecule has 0 radical (unpaired) electrons. The first-order valence-electron chi connectivity index (χ1n) is 8.71. The van der Waals surface area contributed by atoms with Crippen LogP contribution in [-0.4, -0.2) is 32.1 Å². The summed E-state index contributed by atoms with van der Waals surface area (Å²) in [6.07, 6.45) is 0.999. The number of carbonyl (C=O) groups is 1. The lowest BCUT2D eigenvalue weighted by Crippen LogP contribution is -2.50. The molecule has 0 saturated carbocycles. The number of anilines is 1. The van der Waals surface area contributed by atoms with Crippen molar-refractivity contribution in [1.82, 2.24) is 10.6 Å². The maximum atomic E-state index is 13.0. The van der Waals surface area contributed by atoms with E-state index in [0.717, 1.165) is 38.2 Å². The molecule has 2 heterocycles. The van der Waals surface area contributed by atoms with Gasteiger partial charge in [0.2, 0.25) is 5.91 Å². The molecule has 124 valence electrons. The summed E-state index contributed by atoms with van der Waals surface area (Å²) in [4.78, 5) is 15.3. The Morgan fingerprint density at radius 2 is 1.88 bits per heavy atom. The van der Waals surface area contributed by atoms with Gasteiger partial charge in [-0.1, -0.05) is 48.5 Å². The fourth-order valence-corrected chi connectivity index (χ4v) is 3.57. The zero-order valence-electron chi connectivity index (χ0n) is 13.7. The second kappa shape index (κ2) is 6.65. The summed E-state index contributed by atoms with van der Waals surface area (Å²) in [5, 5.41) is 6.42. The first kappa shape index (κ1) is 15.2. The third-order valence-electron chi connectivity index (χ3n) is 5.03. The van der Waals surface area contributed by atoms with E-state index in [9.17, 15) is 4.79 Å². The normalized spacial score (nSPS) is 17.9. The van der Waals surface area contributed by atoms with Crippen LogP contribution in [0.4, 0.5) is 5.69 Å². The van der Waals surface area contributed by atoms with Gasteiger partial charge in [0.15, 0.2) is 0 Å². The lowest BCUT2D eigenvalue weighted by atomic mass is 10.0. The molecule has 0 bridgehead atoms. The zero-order chi connectivity index (χ0) is 16.4.